The topological polar surface area (TPSA) is 180 Å². The summed E-state index contributed by atoms with van der Waals surface area (Å²) in [5.74, 6) is 0.696. The summed E-state index contributed by atoms with van der Waals surface area (Å²) < 4.78 is 11.5. The Labute approximate surface area is 241 Å². The van der Waals surface area contributed by atoms with Crippen molar-refractivity contribution in [2.45, 2.75) is 51.1 Å². The molecule has 10 nitrogen and oxygen atoms in total. The van der Waals surface area contributed by atoms with Crippen molar-refractivity contribution in [1.82, 2.24) is 0 Å². The van der Waals surface area contributed by atoms with Crippen LogP contribution in [0.1, 0.15) is 45.6 Å². The average Bonchev–Trinajstić information content (AvgIpc) is 2.92. The molecule has 4 aromatic carbocycles. The highest BCUT2D eigenvalue weighted by molar-refractivity contribution is 5.53. The minimum Gasteiger partial charge on any atom is -0.508 e. The summed E-state index contributed by atoms with van der Waals surface area (Å²) in [5, 5.41) is 78.4. The van der Waals surface area contributed by atoms with Crippen molar-refractivity contribution < 1.29 is 50.3 Å². The van der Waals surface area contributed by atoms with Crippen LogP contribution in [0.2, 0.25) is 0 Å². The van der Waals surface area contributed by atoms with Gasteiger partial charge in [0, 0.05) is 48.2 Å². The second kappa shape index (κ2) is 11.2. The highest BCUT2D eigenvalue weighted by Crippen LogP contribution is 2.43. The highest BCUT2D eigenvalue weighted by Gasteiger charge is 2.33. The van der Waals surface area contributed by atoms with Crippen LogP contribution in [0.15, 0.2) is 60.7 Å². The summed E-state index contributed by atoms with van der Waals surface area (Å²) in [4.78, 5) is 0. The lowest BCUT2D eigenvalue weighted by atomic mass is 9.93. The van der Waals surface area contributed by atoms with Crippen LogP contribution in [0.5, 0.6) is 46.0 Å². The summed E-state index contributed by atoms with van der Waals surface area (Å²) in [5.41, 5.74) is 3.79. The number of aliphatic hydroxyl groups is 2. The van der Waals surface area contributed by atoms with Crippen molar-refractivity contribution >= 4 is 0 Å². The van der Waals surface area contributed by atoms with Gasteiger partial charge in [0.1, 0.15) is 58.2 Å². The minimum absolute atomic E-state index is 0.0932. The Morgan fingerprint density at radius 1 is 0.524 bits per heavy atom. The summed E-state index contributed by atoms with van der Waals surface area (Å²) in [7, 11) is 0. The molecule has 4 aromatic rings. The molecule has 0 radical (unpaired) electrons. The summed E-state index contributed by atoms with van der Waals surface area (Å²) in [6.45, 7) is 3.53. The van der Waals surface area contributed by atoms with Crippen molar-refractivity contribution in [3.8, 4) is 46.0 Å². The standard InChI is InChI=1S/2C16H16O5/c2*1-8-4-9(2-3-12(8)18)16-14(20)7-11-13(19)5-10(17)6-15(11)21-16/h2*2-6,14,16-20H,7H2,1H3/t2*14-,16?/m00/s1. The monoisotopic (exact) mass is 576 g/mol. The number of aromatic hydroxyl groups is 6. The van der Waals surface area contributed by atoms with E-state index in [1.807, 2.05) is 0 Å². The third-order valence-electron chi connectivity index (χ3n) is 7.47. The smallest absolute Gasteiger partial charge is 0.150 e. The van der Waals surface area contributed by atoms with Crippen LogP contribution in [0.3, 0.4) is 0 Å². The Morgan fingerprint density at radius 3 is 1.26 bits per heavy atom. The summed E-state index contributed by atoms with van der Waals surface area (Å²) >= 11 is 0. The quantitative estimate of drug-likeness (QED) is 0.171. The first-order valence-corrected chi connectivity index (χ1v) is 13.3. The van der Waals surface area contributed by atoms with Gasteiger partial charge in [-0.05, 0) is 60.4 Å². The number of fused-ring (bicyclic) bond motifs is 2. The van der Waals surface area contributed by atoms with Crippen LogP contribution in [-0.2, 0) is 12.8 Å². The number of hydrogen-bond acceptors (Lipinski definition) is 10. The molecule has 0 aromatic heterocycles. The van der Waals surface area contributed by atoms with Crippen molar-refractivity contribution in [2.24, 2.45) is 0 Å². The van der Waals surface area contributed by atoms with Crippen LogP contribution in [0.25, 0.3) is 0 Å². The Bertz CT molecular complexity index is 1510. The third-order valence-corrected chi connectivity index (χ3v) is 7.47. The number of ether oxygens (including phenoxy) is 2. The maximum Gasteiger partial charge on any atom is 0.150 e. The fourth-order valence-electron chi connectivity index (χ4n) is 5.21. The van der Waals surface area contributed by atoms with Crippen LogP contribution in [-0.4, -0.2) is 53.1 Å². The summed E-state index contributed by atoms with van der Waals surface area (Å²) in [6, 6.07) is 15.2. The van der Waals surface area contributed by atoms with Crippen LogP contribution < -0.4 is 9.47 Å². The molecule has 8 N–H and O–H groups in total. The SMILES string of the molecule is Cc1cc(C2Oc3cc(O)cc(O)c3C[C@@H]2O)ccc1O.Cc1cc(C2Oc3cc(O)cc(O)c3C[C@@H]2O)ccc1O. The molecular weight excluding hydrogens is 544 g/mol. The van der Waals surface area contributed by atoms with Crippen molar-refractivity contribution in [1.29, 1.82) is 0 Å². The van der Waals surface area contributed by atoms with Crippen molar-refractivity contribution in [3.63, 3.8) is 0 Å². The van der Waals surface area contributed by atoms with Crippen LogP contribution in [0.4, 0.5) is 0 Å². The van der Waals surface area contributed by atoms with E-state index in [4.69, 9.17) is 9.47 Å². The zero-order valence-corrected chi connectivity index (χ0v) is 22.9. The molecule has 2 heterocycles. The average molecular weight is 577 g/mol. The van der Waals surface area contributed by atoms with Crippen LogP contribution in [0, 0.1) is 13.8 Å². The molecule has 0 aliphatic carbocycles. The molecule has 6 rings (SSSR count). The number of benzene rings is 4. The lowest BCUT2D eigenvalue weighted by Gasteiger charge is -2.31. The Morgan fingerprint density at radius 2 is 0.905 bits per heavy atom. The molecule has 220 valence electrons. The molecule has 2 aliphatic rings. The number of aryl methyl sites for hydroxylation is 2. The lowest BCUT2D eigenvalue weighted by molar-refractivity contribution is 0.0197. The third kappa shape index (κ3) is 5.67. The van der Waals surface area contributed by atoms with Gasteiger partial charge in [0.2, 0.25) is 0 Å². The van der Waals surface area contributed by atoms with Gasteiger partial charge in [-0.1, -0.05) is 12.1 Å². The van der Waals surface area contributed by atoms with Gasteiger partial charge >= 0.3 is 0 Å². The van der Waals surface area contributed by atoms with Gasteiger partial charge in [0.25, 0.3) is 0 Å². The van der Waals surface area contributed by atoms with E-state index < -0.39 is 24.4 Å². The van der Waals surface area contributed by atoms with Gasteiger partial charge in [0.15, 0.2) is 0 Å². The van der Waals surface area contributed by atoms with Gasteiger partial charge in [0.05, 0.1) is 12.2 Å². The van der Waals surface area contributed by atoms with E-state index in [9.17, 15) is 40.9 Å². The Balaban J connectivity index is 0.000000168. The first kappa shape index (κ1) is 28.7. The number of phenols is 6. The molecule has 4 atom stereocenters. The number of aliphatic hydroxyl groups excluding tert-OH is 2. The molecule has 0 saturated heterocycles. The van der Waals surface area contributed by atoms with E-state index in [0.717, 1.165) is 11.1 Å². The normalized spacial score (nSPS) is 20.7. The van der Waals surface area contributed by atoms with Gasteiger partial charge in [-0.15, -0.1) is 0 Å². The second-order valence-electron chi connectivity index (χ2n) is 10.6. The van der Waals surface area contributed by atoms with Gasteiger partial charge in [-0.3, -0.25) is 0 Å². The zero-order chi connectivity index (χ0) is 30.3. The molecule has 42 heavy (non-hydrogen) atoms. The molecular formula is C32H32O10. The largest absolute Gasteiger partial charge is 0.508 e. The van der Waals surface area contributed by atoms with Gasteiger partial charge < -0.3 is 50.3 Å². The highest BCUT2D eigenvalue weighted by atomic mass is 16.5. The number of rotatable bonds is 2. The molecule has 10 heteroatoms. The number of phenolic OH excluding ortho intramolecular Hbond substituents is 6. The van der Waals surface area contributed by atoms with Crippen LogP contribution >= 0.6 is 0 Å². The fourth-order valence-corrected chi connectivity index (χ4v) is 5.21. The first-order chi connectivity index (χ1) is 19.9. The van der Waals surface area contributed by atoms with Gasteiger partial charge in [-0.25, -0.2) is 0 Å². The fraction of sp³-hybridized carbons (Fsp3) is 0.250. The molecule has 0 fully saturated rings. The predicted octanol–water partition coefficient (Wildman–Crippen LogP) is 4.30. The summed E-state index contributed by atoms with van der Waals surface area (Å²) in [6.07, 6.45) is -2.41. The molecule has 0 saturated carbocycles. The lowest BCUT2D eigenvalue weighted by Crippen LogP contribution is -2.30. The minimum atomic E-state index is -0.822. The van der Waals surface area contributed by atoms with E-state index in [-0.39, 0.29) is 47.3 Å². The zero-order valence-electron chi connectivity index (χ0n) is 22.9. The first-order valence-electron chi connectivity index (χ1n) is 13.3. The number of hydrogen-bond donors (Lipinski definition) is 8. The molecule has 2 aliphatic heterocycles. The van der Waals surface area contributed by atoms with Gasteiger partial charge in [-0.2, -0.15) is 0 Å². The molecule has 0 spiro atoms. The van der Waals surface area contributed by atoms with Crippen molar-refractivity contribution in [2.75, 3.05) is 0 Å². The van der Waals surface area contributed by atoms with E-state index in [2.05, 4.69) is 0 Å². The Kier molecular flexibility index (Phi) is 7.68. The Hall–Kier alpha value is -4.80. The molecule has 0 amide bonds. The molecule has 0 bridgehead atoms. The van der Waals surface area contributed by atoms with E-state index >= 15 is 0 Å². The second-order valence-corrected chi connectivity index (χ2v) is 10.6. The van der Waals surface area contributed by atoms with E-state index in [0.29, 0.717) is 33.8 Å². The maximum atomic E-state index is 10.3. The predicted molar refractivity (Wildman–Crippen MR) is 151 cm³/mol. The van der Waals surface area contributed by atoms with E-state index in [1.165, 1.54) is 24.3 Å². The van der Waals surface area contributed by atoms with E-state index in [1.54, 1.807) is 50.2 Å². The maximum absolute atomic E-state index is 10.3. The molecule has 2 unspecified atom stereocenters. The van der Waals surface area contributed by atoms with Crippen molar-refractivity contribution in [3.05, 3.63) is 94.0 Å².